The van der Waals surface area contributed by atoms with Crippen LogP contribution in [0.3, 0.4) is 0 Å². The molecule has 2 aromatic carbocycles. The van der Waals surface area contributed by atoms with Gasteiger partial charge in [0, 0.05) is 43.7 Å². The third kappa shape index (κ3) is 5.53. The molecule has 9 heteroatoms. The Hall–Kier alpha value is -3.01. The normalized spacial score (nSPS) is 18.2. The van der Waals surface area contributed by atoms with E-state index in [1.807, 2.05) is 29.2 Å². The number of hydrogen-bond donors (Lipinski definition) is 2. The number of nitrogens with zero attached hydrogens (tertiary/aromatic N) is 3. The number of β-amino-alcohol motifs (C(OH)–C–C–N with tert-alkyl or cyclic N) is 1. The van der Waals surface area contributed by atoms with E-state index in [1.54, 1.807) is 24.3 Å². The number of hydrogen-bond acceptors (Lipinski definition) is 6. The summed E-state index contributed by atoms with van der Waals surface area (Å²) in [7, 11) is -3.64. The van der Waals surface area contributed by atoms with Crippen LogP contribution in [0.25, 0.3) is 17.2 Å². The molecule has 1 fully saturated rings. The number of carbonyl (C=O) groups excluding carboxylic acids is 1. The van der Waals surface area contributed by atoms with Gasteiger partial charge in [-0.2, -0.15) is 4.31 Å². The highest BCUT2D eigenvalue weighted by Gasteiger charge is 2.31. The van der Waals surface area contributed by atoms with E-state index in [0.717, 1.165) is 29.5 Å². The van der Waals surface area contributed by atoms with E-state index in [1.165, 1.54) is 4.31 Å². The number of carbonyl (C=O) groups is 1. The number of rotatable bonds is 8. The molecule has 2 aromatic rings. The number of amides is 1. The predicted molar refractivity (Wildman–Crippen MR) is 142 cm³/mol. The van der Waals surface area contributed by atoms with Gasteiger partial charge in [0.1, 0.15) is 5.84 Å². The fourth-order valence-corrected chi connectivity index (χ4v) is 6.16. The number of fused-ring (bicyclic) bond motifs is 1. The Balaban J connectivity index is 1.60. The first kappa shape index (κ1) is 26.1. The van der Waals surface area contributed by atoms with Crippen LogP contribution in [0.2, 0.25) is 0 Å². The predicted octanol–water partition coefficient (Wildman–Crippen LogP) is 3.53. The molecule has 0 spiro atoms. The van der Waals surface area contributed by atoms with E-state index < -0.39 is 16.1 Å². The van der Waals surface area contributed by atoms with Gasteiger partial charge >= 0.3 is 0 Å². The molecule has 36 heavy (non-hydrogen) atoms. The van der Waals surface area contributed by atoms with Crippen molar-refractivity contribution >= 4 is 33.5 Å². The molecule has 2 aliphatic rings. The van der Waals surface area contributed by atoms with Crippen LogP contribution in [-0.2, 0) is 14.8 Å². The van der Waals surface area contributed by atoms with E-state index in [4.69, 9.17) is 5.73 Å². The molecule has 192 valence electrons. The van der Waals surface area contributed by atoms with Crippen LogP contribution in [0.15, 0.2) is 57.9 Å². The van der Waals surface area contributed by atoms with Crippen LogP contribution in [0.5, 0.6) is 0 Å². The minimum Gasteiger partial charge on any atom is -0.392 e. The van der Waals surface area contributed by atoms with Crippen molar-refractivity contribution in [2.45, 2.75) is 50.5 Å². The minimum atomic E-state index is -3.64. The zero-order valence-electron chi connectivity index (χ0n) is 20.9. The Morgan fingerprint density at radius 2 is 1.78 bits per heavy atom. The molecule has 8 nitrogen and oxygen atoms in total. The number of nitrogens with two attached hydrogens (primary N) is 1. The van der Waals surface area contributed by atoms with Gasteiger partial charge < -0.3 is 15.7 Å². The van der Waals surface area contributed by atoms with E-state index in [-0.39, 0.29) is 17.3 Å². The first-order chi connectivity index (χ1) is 17.2. The summed E-state index contributed by atoms with van der Waals surface area (Å²) in [5, 5.41) is 9.71. The standard InChI is InChI=1S/C27H34N4O4S/c1-3-12-30(13-4-2)27(33)22-15-21-6-5-20(16-25(21)29-26(28)17-22)19-7-9-24(10-8-19)36(34,35)31-14-11-23(32)18-31/h5-10,15-16,23,32H,3-4,11-14,17-18H2,1-2H3,(H2,28,29). The second-order valence-electron chi connectivity index (χ2n) is 9.35. The Morgan fingerprint density at radius 1 is 1.11 bits per heavy atom. The van der Waals surface area contributed by atoms with Gasteiger partial charge in [-0.25, -0.2) is 13.4 Å². The third-order valence-electron chi connectivity index (χ3n) is 6.50. The number of aliphatic hydroxyl groups excluding tert-OH is 1. The lowest BCUT2D eigenvalue weighted by Crippen LogP contribution is -2.34. The van der Waals surface area contributed by atoms with Crippen LogP contribution in [0, 0.1) is 0 Å². The van der Waals surface area contributed by atoms with Crippen LogP contribution >= 0.6 is 0 Å². The van der Waals surface area contributed by atoms with Gasteiger partial charge in [-0.1, -0.05) is 38.1 Å². The van der Waals surface area contributed by atoms with Crippen molar-refractivity contribution in [3.05, 3.63) is 53.6 Å². The van der Waals surface area contributed by atoms with E-state index in [9.17, 15) is 18.3 Å². The summed E-state index contributed by atoms with van der Waals surface area (Å²) in [6, 6.07) is 12.5. The van der Waals surface area contributed by atoms with Gasteiger partial charge in [0.25, 0.3) is 0 Å². The topological polar surface area (TPSA) is 116 Å². The summed E-state index contributed by atoms with van der Waals surface area (Å²) in [6.07, 6.45) is 3.80. The van der Waals surface area contributed by atoms with Crippen LogP contribution < -0.4 is 5.73 Å². The molecule has 2 aliphatic heterocycles. The summed E-state index contributed by atoms with van der Waals surface area (Å²) in [5.41, 5.74) is 10.0. The van der Waals surface area contributed by atoms with Gasteiger partial charge in [0.05, 0.1) is 16.7 Å². The average molecular weight is 511 g/mol. The maximum absolute atomic E-state index is 13.2. The van der Waals surface area contributed by atoms with Crippen LogP contribution in [0.4, 0.5) is 5.69 Å². The highest BCUT2D eigenvalue weighted by Crippen LogP contribution is 2.33. The average Bonchev–Trinajstić information content (AvgIpc) is 3.23. The summed E-state index contributed by atoms with van der Waals surface area (Å²) < 4.78 is 27.0. The first-order valence-corrected chi connectivity index (χ1v) is 13.9. The lowest BCUT2D eigenvalue weighted by Gasteiger charge is -2.22. The molecule has 1 amide bonds. The minimum absolute atomic E-state index is 0.00362. The number of aliphatic imine (C=N–C) groups is 1. The highest BCUT2D eigenvalue weighted by molar-refractivity contribution is 7.89. The van der Waals surface area contributed by atoms with E-state index >= 15 is 0 Å². The second-order valence-corrected chi connectivity index (χ2v) is 11.3. The molecule has 1 atom stereocenters. The lowest BCUT2D eigenvalue weighted by molar-refractivity contribution is -0.127. The molecule has 0 saturated carbocycles. The number of benzene rings is 2. The fourth-order valence-electron chi connectivity index (χ4n) is 4.66. The zero-order chi connectivity index (χ0) is 25.9. The summed E-state index contributed by atoms with van der Waals surface area (Å²) in [4.78, 5) is 19.8. The van der Waals surface area contributed by atoms with Crippen molar-refractivity contribution in [3.63, 3.8) is 0 Å². The van der Waals surface area contributed by atoms with Gasteiger partial charge in [-0.05, 0) is 54.7 Å². The van der Waals surface area contributed by atoms with Crippen molar-refractivity contribution in [3.8, 4) is 11.1 Å². The van der Waals surface area contributed by atoms with Crippen molar-refractivity contribution < 1.29 is 18.3 Å². The summed E-state index contributed by atoms with van der Waals surface area (Å²) in [6.45, 7) is 5.97. The largest absolute Gasteiger partial charge is 0.392 e. The molecule has 2 heterocycles. The SMILES string of the molecule is CCCN(CCC)C(=O)C1=Cc2ccc(-c3ccc(S(=O)(=O)N4CCC(O)C4)cc3)cc2N=C(N)C1. The van der Waals surface area contributed by atoms with Crippen molar-refractivity contribution in [2.75, 3.05) is 26.2 Å². The molecule has 1 unspecified atom stereocenters. The first-order valence-electron chi connectivity index (χ1n) is 12.5. The van der Waals surface area contributed by atoms with Crippen molar-refractivity contribution in [1.82, 2.24) is 9.21 Å². The van der Waals surface area contributed by atoms with Gasteiger partial charge in [-0.3, -0.25) is 4.79 Å². The Morgan fingerprint density at radius 3 is 2.39 bits per heavy atom. The smallest absolute Gasteiger partial charge is 0.250 e. The Kier molecular flexibility index (Phi) is 7.92. The van der Waals surface area contributed by atoms with E-state index in [2.05, 4.69) is 18.8 Å². The number of amidine groups is 1. The lowest BCUT2D eigenvalue weighted by atomic mass is 10.0. The number of sulfonamides is 1. The van der Waals surface area contributed by atoms with Crippen molar-refractivity contribution in [1.29, 1.82) is 0 Å². The number of aliphatic hydroxyl groups is 1. The molecule has 0 bridgehead atoms. The van der Waals surface area contributed by atoms with Gasteiger partial charge in [0.2, 0.25) is 15.9 Å². The third-order valence-corrected chi connectivity index (χ3v) is 8.38. The second kappa shape index (κ2) is 10.9. The van der Waals surface area contributed by atoms with Gasteiger partial charge in [-0.15, -0.1) is 0 Å². The molecule has 0 aliphatic carbocycles. The molecular formula is C27H34N4O4S. The maximum atomic E-state index is 13.2. The van der Waals surface area contributed by atoms with Gasteiger partial charge in [0.15, 0.2) is 0 Å². The summed E-state index contributed by atoms with van der Waals surface area (Å²) in [5.74, 6) is 0.379. The summed E-state index contributed by atoms with van der Waals surface area (Å²) >= 11 is 0. The van der Waals surface area contributed by atoms with Crippen LogP contribution in [-0.4, -0.2) is 66.8 Å². The van der Waals surface area contributed by atoms with Crippen molar-refractivity contribution in [2.24, 2.45) is 10.7 Å². The Labute approximate surface area is 213 Å². The molecular weight excluding hydrogens is 476 g/mol. The molecule has 0 aromatic heterocycles. The molecule has 1 saturated heterocycles. The molecule has 0 radical (unpaired) electrons. The highest BCUT2D eigenvalue weighted by atomic mass is 32.2. The Bertz CT molecular complexity index is 1280. The zero-order valence-corrected chi connectivity index (χ0v) is 21.7. The monoisotopic (exact) mass is 510 g/mol. The molecule has 3 N–H and O–H groups in total. The maximum Gasteiger partial charge on any atom is 0.250 e. The quantitative estimate of drug-likeness (QED) is 0.564. The molecule has 4 rings (SSSR count). The fraction of sp³-hybridized carbons (Fsp3) is 0.407. The van der Waals surface area contributed by atoms with Crippen LogP contribution in [0.1, 0.15) is 45.1 Å². The van der Waals surface area contributed by atoms with E-state index in [0.29, 0.717) is 49.6 Å².